The van der Waals surface area contributed by atoms with E-state index in [-0.39, 0.29) is 0 Å². The summed E-state index contributed by atoms with van der Waals surface area (Å²) < 4.78 is 6.91. The van der Waals surface area contributed by atoms with Gasteiger partial charge in [-0.05, 0) is 105 Å². The van der Waals surface area contributed by atoms with Crippen molar-refractivity contribution in [3.05, 3.63) is 206 Å². The maximum atomic E-state index is 5.07. The lowest BCUT2D eigenvalue weighted by Crippen LogP contribution is -2.74. The van der Waals surface area contributed by atoms with Crippen LogP contribution in [0.3, 0.4) is 0 Å². The molecule has 0 amide bonds. The third-order valence-electron chi connectivity index (χ3n) is 11.6. The van der Waals surface area contributed by atoms with E-state index < -0.39 is 8.07 Å². The average Bonchev–Trinajstić information content (AvgIpc) is 3.76. The van der Waals surface area contributed by atoms with Crippen molar-refractivity contribution in [2.45, 2.75) is 13.8 Å². The molecule has 10 aromatic rings. The van der Waals surface area contributed by atoms with Crippen LogP contribution in [0.15, 0.2) is 195 Å². The highest BCUT2D eigenvalue weighted by molar-refractivity contribution is 7.20. The molecule has 0 atom stereocenters. The third-order valence-corrected chi connectivity index (χ3v) is 16.4. The van der Waals surface area contributed by atoms with Gasteiger partial charge in [0.1, 0.15) is 11.5 Å². The van der Waals surface area contributed by atoms with Crippen molar-refractivity contribution in [2.75, 3.05) is 0 Å². The molecule has 4 nitrogen and oxygen atoms in total. The van der Waals surface area contributed by atoms with Crippen molar-refractivity contribution in [3.63, 3.8) is 0 Å². The van der Waals surface area contributed by atoms with Crippen LogP contribution < -0.4 is 25.3 Å². The van der Waals surface area contributed by atoms with Gasteiger partial charge in [0.05, 0.1) is 18.1 Å². The van der Waals surface area contributed by atoms with E-state index in [0.29, 0.717) is 0 Å². The van der Waals surface area contributed by atoms with Gasteiger partial charge >= 0.3 is 0 Å². The molecular weight excluding hydrogens is 697 g/mol. The van der Waals surface area contributed by atoms with Gasteiger partial charge in [-0.1, -0.05) is 133 Å². The second-order valence-corrected chi connectivity index (χ2v) is 18.7. The smallest absolute Gasteiger partial charge is 0.249 e. The molecule has 0 spiro atoms. The first-order valence-corrected chi connectivity index (χ1v) is 21.3. The minimum absolute atomic E-state index is 0.912. The minimum atomic E-state index is -2.95. The molecule has 0 aliphatic rings. The second kappa shape index (κ2) is 13.5. The molecule has 0 saturated heterocycles. The topological polar surface area (TPSA) is 26.6 Å². The number of aromatic nitrogens is 4. The Morgan fingerprint density at radius 3 is 1.86 bits per heavy atom. The van der Waals surface area contributed by atoms with E-state index in [9.17, 15) is 0 Å². The van der Waals surface area contributed by atoms with Crippen LogP contribution in [0.25, 0.3) is 55.5 Å². The fraction of sp³-hybridized carbons (Fsp3) is 0.0588. The average molecular weight is 738 g/mol. The van der Waals surface area contributed by atoms with Crippen molar-refractivity contribution < 1.29 is 4.57 Å². The number of rotatable bonds is 7. The third kappa shape index (κ3) is 5.27. The Bertz CT molecular complexity index is 3010. The molecule has 0 aliphatic carbocycles. The molecule has 268 valence electrons. The zero-order valence-electron chi connectivity index (χ0n) is 31.8. The van der Waals surface area contributed by atoms with Gasteiger partial charge in [-0.2, -0.15) is 4.57 Å². The highest BCUT2D eigenvalue weighted by Gasteiger charge is 2.42. The Kier molecular flexibility index (Phi) is 8.12. The molecule has 0 radical (unpaired) electrons. The van der Waals surface area contributed by atoms with Crippen LogP contribution in [0, 0.1) is 13.8 Å². The highest BCUT2D eigenvalue weighted by atomic mass is 28.3. The van der Waals surface area contributed by atoms with Crippen LogP contribution >= 0.6 is 0 Å². The number of benzene rings is 7. The number of pyridine rings is 1. The molecule has 0 fully saturated rings. The minimum Gasteiger partial charge on any atom is -0.294 e. The number of hydrogen-bond acceptors (Lipinski definition) is 1. The molecule has 0 saturated carbocycles. The zero-order chi connectivity index (χ0) is 37.8. The number of fused-ring (bicyclic) bond motifs is 4. The largest absolute Gasteiger partial charge is 0.294 e. The second-order valence-electron chi connectivity index (χ2n) is 14.9. The lowest BCUT2D eigenvalue weighted by molar-refractivity contribution is -0.645. The summed E-state index contributed by atoms with van der Waals surface area (Å²) in [6, 6.07) is 67.2. The Hall–Kier alpha value is -6.82. The first-order valence-electron chi connectivity index (χ1n) is 19.3. The molecule has 3 aromatic heterocycles. The Balaban J connectivity index is 1.27. The summed E-state index contributed by atoms with van der Waals surface area (Å²) in [5.41, 5.74) is 10.8. The number of hydrogen-bond donors (Lipinski definition) is 0. The summed E-state index contributed by atoms with van der Waals surface area (Å²) in [6.07, 6.45) is 4.16. The molecular formula is C51H41N4Si+. The normalized spacial score (nSPS) is 11.8. The van der Waals surface area contributed by atoms with Gasteiger partial charge in [0.2, 0.25) is 6.33 Å². The van der Waals surface area contributed by atoms with Crippen LogP contribution in [0.4, 0.5) is 0 Å². The predicted octanol–water partition coefficient (Wildman–Crippen LogP) is 8.61. The molecule has 0 N–H and O–H groups in total. The number of para-hydroxylation sites is 3. The zero-order valence-corrected chi connectivity index (χ0v) is 32.8. The van der Waals surface area contributed by atoms with Gasteiger partial charge in [-0.3, -0.25) is 4.57 Å². The summed E-state index contributed by atoms with van der Waals surface area (Å²) in [7, 11) is -0.826. The molecule has 0 aliphatic heterocycles. The van der Waals surface area contributed by atoms with Gasteiger partial charge in [0.15, 0.2) is 19.1 Å². The van der Waals surface area contributed by atoms with Crippen LogP contribution in [0.1, 0.15) is 11.1 Å². The summed E-state index contributed by atoms with van der Waals surface area (Å²) in [5, 5.41) is 7.75. The molecule has 0 bridgehead atoms. The van der Waals surface area contributed by atoms with E-state index in [1.54, 1.807) is 0 Å². The van der Waals surface area contributed by atoms with Crippen LogP contribution in [-0.2, 0) is 7.05 Å². The highest BCUT2D eigenvalue weighted by Crippen LogP contribution is 2.34. The van der Waals surface area contributed by atoms with Crippen molar-refractivity contribution in [3.8, 4) is 22.6 Å². The number of aryl methyl sites for hydroxylation is 3. The summed E-state index contributed by atoms with van der Waals surface area (Å²) >= 11 is 0. The van der Waals surface area contributed by atoms with Crippen molar-refractivity contribution in [2.24, 2.45) is 7.05 Å². The lowest BCUT2D eigenvalue weighted by Gasteiger charge is -2.34. The van der Waals surface area contributed by atoms with Crippen molar-refractivity contribution in [1.82, 2.24) is 14.1 Å². The summed E-state index contributed by atoms with van der Waals surface area (Å²) in [5.74, 6) is 0.912. The molecule has 3 heterocycles. The van der Waals surface area contributed by atoms with E-state index in [1.165, 1.54) is 64.8 Å². The molecule has 56 heavy (non-hydrogen) atoms. The van der Waals surface area contributed by atoms with E-state index in [1.807, 2.05) is 6.20 Å². The molecule has 7 aromatic carbocycles. The summed E-state index contributed by atoms with van der Waals surface area (Å²) in [4.78, 5) is 5.07. The van der Waals surface area contributed by atoms with Gasteiger partial charge in [-0.25, -0.2) is 9.55 Å². The Morgan fingerprint density at radius 2 is 1.11 bits per heavy atom. The first-order chi connectivity index (χ1) is 27.5. The molecule has 0 unspecified atom stereocenters. The summed E-state index contributed by atoms with van der Waals surface area (Å²) in [6.45, 7) is 4.39. The maximum absolute atomic E-state index is 5.07. The number of nitrogens with zero attached hydrogens (tertiary/aromatic N) is 4. The monoisotopic (exact) mass is 737 g/mol. The van der Waals surface area contributed by atoms with Gasteiger partial charge in [0, 0.05) is 17.0 Å². The predicted molar refractivity (Wildman–Crippen MR) is 235 cm³/mol. The molecule has 5 heteroatoms. The Morgan fingerprint density at radius 1 is 0.500 bits per heavy atom. The Labute approximate surface area is 328 Å². The van der Waals surface area contributed by atoms with E-state index >= 15 is 0 Å². The quantitative estimate of drug-likeness (QED) is 0.0915. The van der Waals surface area contributed by atoms with Crippen LogP contribution in [0.5, 0.6) is 0 Å². The van der Waals surface area contributed by atoms with Gasteiger partial charge in [0.25, 0.3) is 0 Å². The van der Waals surface area contributed by atoms with Crippen LogP contribution in [-0.4, -0.2) is 22.2 Å². The number of imidazole rings is 1. The van der Waals surface area contributed by atoms with Crippen molar-refractivity contribution in [1.29, 1.82) is 0 Å². The van der Waals surface area contributed by atoms with Gasteiger partial charge < -0.3 is 0 Å². The fourth-order valence-electron chi connectivity index (χ4n) is 9.15. The van der Waals surface area contributed by atoms with E-state index in [0.717, 1.165) is 22.5 Å². The molecule has 10 rings (SSSR count). The van der Waals surface area contributed by atoms with E-state index in [4.69, 9.17) is 4.98 Å². The fourth-order valence-corrected chi connectivity index (χ4v) is 13.9. The maximum Gasteiger partial charge on any atom is 0.249 e. The van der Waals surface area contributed by atoms with E-state index in [2.05, 4.69) is 223 Å². The first kappa shape index (κ1) is 33.7. The van der Waals surface area contributed by atoms with Gasteiger partial charge in [-0.15, -0.1) is 0 Å². The lowest BCUT2D eigenvalue weighted by atomic mass is 9.96. The SMILES string of the molecule is Cc1cccc(C)c1-c1ccnc(-n2c3ccccc3c3ccc([Si](c4ccccc4)(c4ccccc4)c4cccc(-n5c[n+](C)c6ccccc65)c4)cc32)c1. The van der Waals surface area contributed by atoms with Crippen LogP contribution in [0.2, 0.25) is 0 Å². The standard InChI is InChI=1S/C51H41N4Si/c1-36-16-14-17-37(2)51(36)38-30-31-52-50(32-38)55-46-25-11-10-24-44(46)45-29-28-43(34-49(45)55)56(40-19-6-4-7-20-40,41-21-8-5-9-22-41)42-23-15-18-39(33-42)54-35-53(3)47-26-12-13-27-48(47)54/h4-35H,1-3H3/q+1. The van der Waals surface area contributed by atoms with Crippen molar-refractivity contribution >= 4 is 61.7 Å².